The van der Waals surface area contributed by atoms with E-state index in [0.717, 1.165) is 49.1 Å². The molecule has 0 aliphatic carbocycles. The van der Waals surface area contributed by atoms with Crippen molar-refractivity contribution in [1.29, 1.82) is 0 Å². The van der Waals surface area contributed by atoms with Gasteiger partial charge >= 0.3 is 0 Å². The molecule has 0 spiro atoms. The Bertz CT molecular complexity index is 1060. The number of hydrogen-bond donors (Lipinski definition) is 2. The van der Waals surface area contributed by atoms with E-state index in [0.29, 0.717) is 36.4 Å². The molecule has 34 heavy (non-hydrogen) atoms. The maximum atomic E-state index is 13.5. The zero-order valence-electron chi connectivity index (χ0n) is 20.9. The Balaban J connectivity index is 1.93. The smallest absolute Gasteiger partial charge is 0.253 e. The van der Waals surface area contributed by atoms with Crippen molar-refractivity contribution in [2.24, 2.45) is 17.6 Å². The Labute approximate surface area is 202 Å². The van der Waals surface area contributed by atoms with Gasteiger partial charge < -0.3 is 20.5 Å². The van der Waals surface area contributed by atoms with E-state index in [1.165, 1.54) is 12.1 Å². The third-order valence-electron chi connectivity index (χ3n) is 5.92. The van der Waals surface area contributed by atoms with Gasteiger partial charge in [-0.05, 0) is 80.1 Å². The Hall–Kier alpha value is -2.93. The van der Waals surface area contributed by atoms with Gasteiger partial charge in [0, 0.05) is 30.9 Å². The number of nitrogens with one attached hydrogen (secondary N) is 1. The average molecular weight is 468 g/mol. The van der Waals surface area contributed by atoms with Crippen LogP contribution in [0.15, 0.2) is 42.5 Å². The van der Waals surface area contributed by atoms with Crippen LogP contribution in [0, 0.1) is 17.7 Å². The van der Waals surface area contributed by atoms with Gasteiger partial charge in [-0.1, -0.05) is 27.7 Å². The predicted molar refractivity (Wildman–Crippen MR) is 138 cm³/mol. The monoisotopic (exact) mass is 467 g/mol. The molecule has 3 rings (SSSR count). The first-order valence-corrected chi connectivity index (χ1v) is 12.3. The lowest BCUT2D eigenvalue weighted by Crippen LogP contribution is -2.34. The van der Waals surface area contributed by atoms with Crippen LogP contribution in [-0.4, -0.2) is 40.0 Å². The molecule has 0 aliphatic heterocycles. The van der Waals surface area contributed by atoms with Gasteiger partial charge in [-0.15, -0.1) is 0 Å². The molecule has 0 atom stereocenters. The van der Waals surface area contributed by atoms with E-state index in [2.05, 4.69) is 37.6 Å². The summed E-state index contributed by atoms with van der Waals surface area (Å²) in [5.74, 6) is 1.49. The van der Waals surface area contributed by atoms with Gasteiger partial charge in [0.1, 0.15) is 5.82 Å². The maximum Gasteiger partial charge on any atom is 0.253 e. The van der Waals surface area contributed by atoms with Gasteiger partial charge in [-0.3, -0.25) is 4.79 Å². The zero-order valence-corrected chi connectivity index (χ0v) is 20.9. The van der Waals surface area contributed by atoms with Crippen molar-refractivity contribution < 1.29 is 9.18 Å². The summed E-state index contributed by atoms with van der Waals surface area (Å²) in [7, 11) is 0. The van der Waals surface area contributed by atoms with Gasteiger partial charge in [0.25, 0.3) is 5.91 Å². The van der Waals surface area contributed by atoms with Gasteiger partial charge in [0.2, 0.25) is 5.95 Å². The number of anilines is 2. The van der Waals surface area contributed by atoms with E-state index in [4.69, 9.17) is 10.7 Å². The van der Waals surface area contributed by atoms with Crippen molar-refractivity contribution in [3.8, 4) is 0 Å². The first kappa shape index (κ1) is 25.7. The van der Waals surface area contributed by atoms with Crippen LogP contribution in [-0.2, 0) is 6.54 Å². The lowest BCUT2D eigenvalue weighted by molar-refractivity contribution is 0.0741. The summed E-state index contributed by atoms with van der Waals surface area (Å²) in [6.07, 6.45) is 2.73. The Morgan fingerprint density at radius 2 is 1.71 bits per heavy atom. The van der Waals surface area contributed by atoms with Gasteiger partial charge in [0.15, 0.2) is 0 Å². The maximum absolute atomic E-state index is 13.5. The standard InChI is InChI=1S/C27H38FN5O/c1-19(2)12-16-32(17-13-20(3)4)26(34)21-6-11-24-25(18-21)33(15-5-14-29)27(31-24)30-23-9-7-22(28)8-10-23/h6-11,18-20H,5,12-17,29H2,1-4H3,(H,30,31). The molecule has 0 saturated heterocycles. The van der Waals surface area contributed by atoms with Gasteiger partial charge in [0.05, 0.1) is 11.0 Å². The second-order valence-electron chi connectivity index (χ2n) is 9.72. The summed E-state index contributed by atoms with van der Waals surface area (Å²) in [6.45, 7) is 11.5. The molecular weight excluding hydrogens is 429 g/mol. The number of carbonyl (C=O) groups is 1. The third-order valence-corrected chi connectivity index (χ3v) is 5.92. The zero-order chi connectivity index (χ0) is 24.7. The largest absolute Gasteiger partial charge is 0.339 e. The predicted octanol–water partition coefficient (Wildman–Crippen LogP) is 5.80. The fourth-order valence-corrected chi connectivity index (χ4v) is 3.81. The molecule has 0 unspecified atom stereocenters. The number of amides is 1. The SMILES string of the molecule is CC(C)CCN(CCC(C)C)C(=O)c1ccc2nc(Nc3ccc(F)cc3)n(CCCN)c2c1. The highest BCUT2D eigenvalue weighted by atomic mass is 19.1. The minimum absolute atomic E-state index is 0.0582. The van der Waals surface area contributed by atoms with Crippen LogP contribution >= 0.6 is 0 Å². The molecule has 2 aromatic carbocycles. The molecule has 0 aliphatic rings. The van der Waals surface area contributed by atoms with Crippen molar-refractivity contribution >= 4 is 28.6 Å². The van der Waals surface area contributed by atoms with Crippen LogP contribution in [0.2, 0.25) is 0 Å². The van der Waals surface area contributed by atoms with Gasteiger partial charge in [-0.25, -0.2) is 9.37 Å². The summed E-state index contributed by atoms with van der Waals surface area (Å²) in [5.41, 5.74) is 8.89. The normalized spacial score (nSPS) is 11.5. The summed E-state index contributed by atoms with van der Waals surface area (Å²) < 4.78 is 15.4. The molecule has 1 aromatic heterocycles. The number of benzene rings is 2. The van der Waals surface area contributed by atoms with Crippen LogP contribution in [0.4, 0.5) is 16.0 Å². The summed E-state index contributed by atoms with van der Waals surface area (Å²) in [6, 6.07) is 11.9. The first-order valence-electron chi connectivity index (χ1n) is 12.3. The summed E-state index contributed by atoms with van der Waals surface area (Å²) >= 11 is 0. The Kier molecular flexibility index (Phi) is 9.05. The number of imidazole rings is 1. The minimum atomic E-state index is -0.287. The van der Waals surface area contributed by atoms with E-state index in [1.807, 2.05) is 23.1 Å². The molecule has 1 amide bonds. The van der Waals surface area contributed by atoms with E-state index in [1.54, 1.807) is 12.1 Å². The average Bonchev–Trinajstić information content (AvgIpc) is 3.14. The third kappa shape index (κ3) is 6.79. The topological polar surface area (TPSA) is 76.2 Å². The Morgan fingerprint density at radius 3 is 2.29 bits per heavy atom. The molecular formula is C27H38FN5O. The number of aryl methyl sites for hydroxylation is 1. The van der Waals surface area contributed by atoms with E-state index >= 15 is 0 Å². The highest BCUT2D eigenvalue weighted by Crippen LogP contribution is 2.25. The minimum Gasteiger partial charge on any atom is -0.339 e. The fourth-order valence-electron chi connectivity index (χ4n) is 3.81. The Morgan fingerprint density at radius 1 is 1.06 bits per heavy atom. The number of halogens is 1. The van der Waals surface area contributed by atoms with Crippen LogP contribution in [0.1, 0.15) is 57.3 Å². The van der Waals surface area contributed by atoms with Crippen molar-refractivity contribution in [1.82, 2.24) is 14.5 Å². The molecule has 7 heteroatoms. The highest BCUT2D eigenvalue weighted by Gasteiger charge is 2.19. The van der Waals surface area contributed by atoms with Crippen molar-refractivity contribution in [2.45, 2.75) is 53.5 Å². The van der Waals surface area contributed by atoms with Crippen LogP contribution in [0.25, 0.3) is 11.0 Å². The second-order valence-corrected chi connectivity index (χ2v) is 9.72. The molecule has 0 fully saturated rings. The van der Waals surface area contributed by atoms with Crippen molar-refractivity contribution in [3.63, 3.8) is 0 Å². The summed E-state index contributed by atoms with van der Waals surface area (Å²) in [5, 5.41) is 3.28. The lowest BCUT2D eigenvalue weighted by Gasteiger charge is -2.24. The van der Waals surface area contributed by atoms with Crippen LogP contribution in [0.3, 0.4) is 0 Å². The van der Waals surface area contributed by atoms with Crippen LogP contribution in [0.5, 0.6) is 0 Å². The number of aromatic nitrogens is 2. The highest BCUT2D eigenvalue weighted by molar-refractivity contribution is 5.98. The number of nitrogens with zero attached hydrogens (tertiary/aromatic N) is 3. The van der Waals surface area contributed by atoms with Crippen molar-refractivity contribution in [3.05, 3.63) is 53.8 Å². The number of hydrogen-bond acceptors (Lipinski definition) is 4. The number of fused-ring (bicyclic) bond motifs is 1. The van der Waals surface area contributed by atoms with E-state index in [-0.39, 0.29) is 11.7 Å². The summed E-state index contributed by atoms with van der Waals surface area (Å²) in [4.78, 5) is 20.2. The number of carbonyl (C=O) groups excluding carboxylic acids is 1. The number of nitrogens with two attached hydrogens (primary N) is 1. The quantitative estimate of drug-likeness (QED) is 0.353. The first-order chi connectivity index (χ1) is 16.3. The van der Waals surface area contributed by atoms with Gasteiger partial charge in [-0.2, -0.15) is 0 Å². The lowest BCUT2D eigenvalue weighted by atomic mass is 10.1. The molecule has 0 bridgehead atoms. The molecule has 6 nitrogen and oxygen atoms in total. The van der Waals surface area contributed by atoms with Crippen molar-refractivity contribution in [2.75, 3.05) is 25.0 Å². The number of rotatable bonds is 12. The molecule has 1 heterocycles. The fraction of sp³-hybridized carbons (Fsp3) is 0.481. The molecule has 0 radical (unpaired) electrons. The van der Waals surface area contributed by atoms with E-state index in [9.17, 15) is 9.18 Å². The van der Waals surface area contributed by atoms with E-state index < -0.39 is 0 Å². The van der Waals surface area contributed by atoms with Crippen LogP contribution < -0.4 is 11.1 Å². The molecule has 3 aromatic rings. The molecule has 3 N–H and O–H groups in total. The molecule has 184 valence electrons. The second kappa shape index (κ2) is 12.0. The molecule has 0 saturated carbocycles.